The molecule has 1 heterocycles. The van der Waals surface area contributed by atoms with Gasteiger partial charge >= 0.3 is 11.8 Å². The molecule has 2 rings (SSSR count). The molecule has 30 heavy (non-hydrogen) atoms. The smallest absolute Gasteiger partial charge is 0.312 e. The van der Waals surface area contributed by atoms with Gasteiger partial charge in [0, 0.05) is 36.7 Å². The topological polar surface area (TPSA) is 88.2 Å². The minimum Gasteiger partial charge on any atom is -0.490 e. The summed E-state index contributed by atoms with van der Waals surface area (Å²) in [6.45, 7) is 9.88. The van der Waals surface area contributed by atoms with E-state index < -0.39 is 11.8 Å². The van der Waals surface area contributed by atoms with Gasteiger partial charge < -0.3 is 24.6 Å². The maximum absolute atomic E-state index is 12.8. The van der Waals surface area contributed by atoms with E-state index in [1.807, 2.05) is 26.0 Å². The van der Waals surface area contributed by atoms with Gasteiger partial charge in [0.05, 0.1) is 19.6 Å². The van der Waals surface area contributed by atoms with Crippen molar-refractivity contribution in [2.45, 2.75) is 40.2 Å². The van der Waals surface area contributed by atoms with Crippen molar-refractivity contribution in [3.63, 3.8) is 0 Å². The lowest BCUT2D eigenvalue weighted by molar-refractivity contribution is -0.148. The molecule has 1 aromatic carbocycles. The van der Waals surface area contributed by atoms with Crippen molar-refractivity contribution in [2.24, 2.45) is 0 Å². The minimum absolute atomic E-state index is 0.0407. The molecule has 9 heteroatoms. The van der Waals surface area contributed by atoms with Crippen LogP contribution in [0.3, 0.4) is 0 Å². The van der Waals surface area contributed by atoms with Crippen LogP contribution in [-0.4, -0.2) is 73.0 Å². The van der Waals surface area contributed by atoms with Crippen molar-refractivity contribution < 1.29 is 23.9 Å². The third kappa shape index (κ3) is 6.35. The van der Waals surface area contributed by atoms with E-state index in [-0.39, 0.29) is 18.4 Å². The molecule has 1 N–H and O–H groups in total. The van der Waals surface area contributed by atoms with E-state index in [4.69, 9.17) is 9.47 Å². The number of carbonyl (C=O) groups is 3. The lowest BCUT2D eigenvalue weighted by Gasteiger charge is -2.34. The van der Waals surface area contributed by atoms with Crippen LogP contribution in [0.2, 0.25) is 0 Å². The summed E-state index contributed by atoms with van der Waals surface area (Å²) in [5.74, 6) is 0.0464. The van der Waals surface area contributed by atoms with E-state index in [1.165, 1.54) is 4.90 Å². The molecular formula is C21H30BrN3O5. The van der Waals surface area contributed by atoms with Crippen LogP contribution >= 0.6 is 15.9 Å². The van der Waals surface area contributed by atoms with Gasteiger partial charge in [0.15, 0.2) is 11.5 Å². The van der Waals surface area contributed by atoms with Gasteiger partial charge in [0.2, 0.25) is 5.91 Å². The van der Waals surface area contributed by atoms with Gasteiger partial charge in [0.25, 0.3) is 0 Å². The summed E-state index contributed by atoms with van der Waals surface area (Å²) < 4.78 is 12.0. The largest absolute Gasteiger partial charge is 0.490 e. The Balaban J connectivity index is 1.98. The second kappa shape index (κ2) is 11.2. The molecule has 0 unspecified atom stereocenters. The highest BCUT2D eigenvalue weighted by atomic mass is 79.9. The van der Waals surface area contributed by atoms with Crippen LogP contribution < -0.4 is 14.8 Å². The van der Waals surface area contributed by atoms with Crippen LogP contribution in [0, 0.1) is 0 Å². The summed E-state index contributed by atoms with van der Waals surface area (Å²) in [5, 5.41) is 2.60. The van der Waals surface area contributed by atoms with E-state index in [1.54, 1.807) is 18.7 Å². The van der Waals surface area contributed by atoms with E-state index >= 15 is 0 Å². The monoisotopic (exact) mass is 483 g/mol. The van der Waals surface area contributed by atoms with Gasteiger partial charge in [-0.25, -0.2) is 0 Å². The average Bonchev–Trinajstić information content (AvgIpc) is 2.70. The normalized spacial score (nSPS) is 13.9. The Bertz CT molecular complexity index is 776. The zero-order valence-corrected chi connectivity index (χ0v) is 19.6. The van der Waals surface area contributed by atoms with Gasteiger partial charge in [-0.2, -0.15) is 0 Å². The third-order valence-corrected chi connectivity index (χ3v) is 5.33. The standard InChI is InChI=1S/C21H30BrN3O5/c1-5-29-17-11-15(16(22)13-18(17)30-6-2)12-19(26)24-7-9-25(10-8-24)21(28)20(27)23-14(3)4/h11,13-14H,5-10,12H2,1-4H3,(H,23,27). The van der Waals surface area contributed by atoms with Crippen molar-refractivity contribution in [1.29, 1.82) is 0 Å². The van der Waals surface area contributed by atoms with Crippen molar-refractivity contribution >= 4 is 33.7 Å². The third-order valence-electron chi connectivity index (χ3n) is 4.59. The summed E-state index contributed by atoms with van der Waals surface area (Å²) in [5.41, 5.74) is 0.807. The number of nitrogens with one attached hydrogen (secondary N) is 1. The first-order valence-corrected chi connectivity index (χ1v) is 11.0. The maximum atomic E-state index is 12.8. The number of hydrogen-bond donors (Lipinski definition) is 1. The molecular weight excluding hydrogens is 454 g/mol. The van der Waals surface area contributed by atoms with Crippen LogP contribution in [-0.2, 0) is 20.8 Å². The van der Waals surface area contributed by atoms with Gasteiger partial charge in [0.1, 0.15) is 0 Å². The van der Waals surface area contributed by atoms with Crippen molar-refractivity contribution in [3.8, 4) is 11.5 Å². The molecule has 1 aromatic rings. The molecule has 1 saturated heterocycles. The lowest BCUT2D eigenvalue weighted by atomic mass is 10.1. The molecule has 0 saturated carbocycles. The predicted octanol–water partition coefficient (Wildman–Crippen LogP) is 1.98. The second-order valence-corrected chi connectivity index (χ2v) is 8.09. The van der Waals surface area contributed by atoms with E-state index in [2.05, 4.69) is 21.2 Å². The average molecular weight is 484 g/mol. The molecule has 0 atom stereocenters. The first-order chi connectivity index (χ1) is 14.3. The lowest BCUT2D eigenvalue weighted by Crippen LogP contribution is -2.54. The number of carbonyl (C=O) groups excluding carboxylic acids is 3. The molecule has 8 nitrogen and oxygen atoms in total. The Kier molecular flexibility index (Phi) is 8.95. The zero-order valence-electron chi connectivity index (χ0n) is 18.0. The number of ether oxygens (including phenoxy) is 2. The maximum Gasteiger partial charge on any atom is 0.312 e. The number of benzene rings is 1. The quantitative estimate of drug-likeness (QED) is 0.599. The SMILES string of the molecule is CCOc1cc(Br)c(CC(=O)N2CCN(C(=O)C(=O)NC(C)C)CC2)cc1OCC. The summed E-state index contributed by atoms with van der Waals surface area (Å²) in [6, 6.07) is 3.55. The number of piperazine rings is 1. The number of amides is 3. The summed E-state index contributed by atoms with van der Waals surface area (Å²) in [6.07, 6.45) is 0.203. The Morgan fingerprint density at radius 1 is 1.00 bits per heavy atom. The van der Waals surface area contributed by atoms with Crippen molar-refractivity contribution in [3.05, 3.63) is 22.2 Å². The fourth-order valence-corrected chi connectivity index (χ4v) is 3.61. The molecule has 1 aliphatic heterocycles. The second-order valence-electron chi connectivity index (χ2n) is 7.23. The Hall–Kier alpha value is -2.29. The van der Waals surface area contributed by atoms with Gasteiger partial charge in [-0.05, 0) is 45.4 Å². The van der Waals surface area contributed by atoms with Crippen molar-refractivity contribution in [2.75, 3.05) is 39.4 Å². The van der Waals surface area contributed by atoms with Crippen LogP contribution in [0.25, 0.3) is 0 Å². The van der Waals surface area contributed by atoms with E-state index in [0.717, 1.165) is 10.0 Å². The van der Waals surface area contributed by atoms with E-state index in [0.29, 0.717) is 50.9 Å². The van der Waals surface area contributed by atoms with Crippen LogP contribution in [0.15, 0.2) is 16.6 Å². The summed E-state index contributed by atoms with van der Waals surface area (Å²) in [4.78, 5) is 40.1. The van der Waals surface area contributed by atoms with Crippen LogP contribution in [0.1, 0.15) is 33.3 Å². The first kappa shape index (κ1) is 24.0. The highest BCUT2D eigenvalue weighted by molar-refractivity contribution is 9.10. The predicted molar refractivity (Wildman–Crippen MR) is 117 cm³/mol. The Morgan fingerprint density at radius 2 is 1.53 bits per heavy atom. The number of nitrogens with zero attached hydrogens (tertiary/aromatic N) is 2. The van der Waals surface area contributed by atoms with Crippen LogP contribution in [0.4, 0.5) is 0 Å². The number of halogens is 1. The highest BCUT2D eigenvalue weighted by Crippen LogP contribution is 2.34. The van der Waals surface area contributed by atoms with Gasteiger partial charge in [-0.15, -0.1) is 0 Å². The van der Waals surface area contributed by atoms with Crippen molar-refractivity contribution in [1.82, 2.24) is 15.1 Å². The fourth-order valence-electron chi connectivity index (χ4n) is 3.15. The molecule has 166 valence electrons. The number of hydrogen-bond acceptors (Lipinski definition) is 5. The van der Waals surface area contributed by atoms with E-state index in [9.17, 15) is 14.4 Å². The Labute approximate surface area is 186 Å². The molecule has 1 fully saturated rings. The van der Waals surface area contributed by atoms with Gasteiger partial charge in [-0.1, -0.05) is 15.9 Å². The van der Waals surface area contributed by atoms with Gasteiger partial charge in [-0.3, -0.25) is 14.4 Å². The minimum atomic E-state index is -0.605. The molecule has 0 spiro atoms. The first-order valence-electron chi connectivity index (χ1n) is 10.2. The molecule has 0 radical (unpaired) electrons. The molecule has 0 bridgehead atoms. The fraction of sp³-hybridized carbons (Fsp3) is 0.571. The molecule has 1 aliphatic rings. The zero-order chi connectivity index (χ0) is 22.3. The molecule has 3 amide bonds. The highest BCUT2D eigenvalue weighted by Gasteiger charge is 2.28. The molecule has 0 aliphatic carbocycles. The summed E-state index contributed by atoms with van der Waals surface area (Å²) >= 11 is 3.52. The summed E-state index contributed by atoms with van der Waals surface area (Å²) in [7, 11) is 0. The molecule has 0 aromatic heterocycles. The Morgan fingerprint density at radius 3 is 2.07 bits per heavy atom. The van der Waals surface area contributed by atoms with Crippen LogP contribution in [0.5, 0.6) is 11.5 Å². The number of rotatable bonds is 7.